The van der Waals surface area contributed by atoms with Gasteiger partial charge in [-0.2, -0.15) is 0 Å². The number of hydrogen-bond acceptors (Lipinski definition) is 2. The molecule has 2 aromatic carbocycles. The fourth-order valence-corrected chi connectivity index (χ4v) is 5.08. The minimum absolute atomic E-state index is 0.0803. The van der Waals surface area contributed by atoms with Crippen molar-refractivity contribution in [3.05, 3.63) is 101 Å². The highest BCUT2D eigenvalue weighted by Gasteiger charge is 2.29. The first-order chi connectivity index (χ1) is 15.3. The number of likely N-dealkylation sites (tertiary alicyclic amines) is 1. The van der Waals surface area contributed by atoms with Crippen LogP contribution >= 0.6 is 0 Å². The Bertz CT molecular complexity index is 1050. The van der Waals surface area contributed by atoms with E-state index in [1.165, 1.54) is 16.7 Å². The van der Waals surface area contributed by atoms with Crippen LogP contribution in [0.4, 0.5) is 0 Å². The highest BCUT2D eigenvalue weighted by Crippen LogP contribution is 2.36. The summed E-state index contributed by atoms with van der Waals surface area (Å²) in [6.07, 6.45) is 11.6. The molecule has 0 aromatic heterocycles. The van der Waals surface area contributed by atoms with Gasteiger partial charge >= 0.3 is 0 Å². The SMILES string of the molecule is O=C(N[C@H]1CCN(CCc2ccccc2)C1)C1=C2C=CCC=C2CCc2ccccc21. The van der Waals surface area contributed by atoms with Gasteiger partial charge in [-0.05, 0) is 59.9 Å². The lowest BCUT2D eigenvalue weighted by molar-refractivity contribution is -0.116. The Morgan fingerprint density at radius 2 is 1.87 bits per heavy atom. The Kier molecular flexibility index (Phi) is 5.86. The minimum Gasteiger partial charge on any atom is -0.348 e. The van der Waals surface area contributed by atoms with Crippen LogP contribution in [0.15, 0.2) is 84.0 Å². The summed E-state index contributed by atoms with van der Waals surface area (Å²) in [6.45, 7) is 3.02. The maximum absolute atomic E-state index is 13.6. The van der Waals surface area contributed by atoms with Crippen molar-refractivity contribution in [3.63, 3.8) is 0 Å². The molecular weight excluding hydrogens is 380 g/mol. The number of nitrogens with one attached hydrogen (secondary N) is 1. The molecule has 158 valence electrons. The maximum Gasteiger partial charge on any atom is 0.252 e. The van der Waals surface area contributed by atoms with Crippen LogP contribution in [0.1, 0.15) is 36.0 Å². The zero-order valence-corrected chi connectivity index (χ0v) is 18.0. The van der Waals surface area contributed by atoms with Crippen molar-refractivity contribution >= 4 is 11.5 Å². The van der Waals surface area contributed by atoms with Crippen LogP contribution < -0.4 is 5.32 Å². The summed E-state index contributed by atoms with van der Waals surface area (Å²) in [5.74, 6) is 0.0803. The van der Waals surface area contributed by atoms with E-state index in [1.54, 1.807) is 0 Å². The number of carbonyl (C=O) groups is 1. The van der Waals surface area contributed by atoms with E-state index in [-0.39, 0.29) is 11.9 Å². The van der Waals surface area contributed by atoms with Gasteiger partial charge in [-0.3, -0.25) is 4.79 Å². The Hall–Kier alpha value is -2.91. The Morgan fingerprint density at radius 3 is 2.77 bits per heavy atom. The van der Waals surface area contributed by atoms with E-state index in [1.807, 2.05) is 0 Å². The van der Waals surface area contributed by atoms with Gasteiger partial charge in [-0.1, -0.05) is 72.8 Å². The number of fused-ring (bicyclic) bond motifs is 2. The normalized spacial score (nSPS) is 20.6. The number of aryl methyl sites for hydroxylation is 1. The molecule has 3 heteroatoms. The van der Waals surface area contributed by atoms with E-state index in [0.29, 0.717) is 0 Å². The number of hydrogen-bond donors (Lipinski definition) is 1. The molecule has 0 saturated carbocycles. The van der Waals surface area contributed by atoms with E-state index < -0.39 is 0 Å². The van der Waals surface area contributed by atoms with E-state index in [0.717, 1.165) is 68.4 Å². The molecule has 3 nitrogen and oxygen atoms in total. The summed E-state index contributed by atoms with van der Waals surface area (Å²) in [6, 6.07) is 19.3. The lowest BCUT2D eigenvalue weighted by Crippen LogP contribution is -2.38. The summed E-state index contributed by atoms with van der Waals surface area (Å²) in [4.78, 5) is 16.0. The standard InChI is InChI=1S/C28H30N2O/c31-28(29-24-17-19-30(20-24)18-16-21-8-2-1-3-9-21)27-25-12-6-4-10-22(25)14-15-23-11-5-7-13-26(23)27/h1-4,6-13,24H,5,14-20H2,(H,29,31)/t24-/m0/s1. The summed E-state index contributed by atoms with van der Waals surface area (Å²) < 4.78 is 0. The van der Waals surface area contributed by atoms with Gasteiger partial charge < -0.3 is 10.2 Å². The van der Waals surface area contributed by atoms with Gasteiger partial charge in [0, 0.05) is 25.7 Å². The van der Waals surface area contributed by atoms with Crippen LogP contribution in [-0.2, 0) is 17.6 Å². The molecule has 1 aliphatic heterocycles. The van der Waals surface area contributed by atoms with Crippen LogP contribution in [-0.4, -0.2) is 36.5 Å². The fourth-order valence-electron chi connectivity index (χ4n) is 5.08. The largest absolute Gasteiger partial charge is 0.348 e. The molecule has 3 aliphatic rings. The maximum atomic E-state index is 13.6. The van der Waals surface area contributed by atoms with Crippen molar-refractivity contribution in [2.45, 2.75) is 38.1 Å². The number of carbonyl (C=O) groups excluding carboxylic acids is 1. The summed E-state index contributed by atoms with van der Waals surface area (Å²) in [7, 11) is 0. The van der Waals surface area contributed by atoms with Crippen molar-refractivity contribution in [3.8, 4) is 0 Å². The quantitative estimate of drug-likeness (QED) is 0.775. The average molecular weight is 411 g/mol. The molecular formula is C28H30N2O. The Labute approximate surface area is 185 Å². The van der Waals surface area contributed by atoms with Gasteiger partial charge in [0.15, 0.2) is 0 Å². The fraction of sp³-hybridized carbons (Fsp3) is 0.321. The zero-order valence-electron chi connectivity index (χ0n) is 18.0. The van der Waals surface area contributed by atoms with Gasteiger partial charge in [0.2, 0.25) is 0 Å². The van der Waals surface area contributed by atoms with Crippen LogP contribution in [0.3, 0.4) is 0 Å². The third-order valence-corrected chi connectivity index (χ3v) is 6.74. The second-order valence-electron chi connectivity index (χ2n) is 8.81. The molecule has 0 spiro atoms. The molecule has 31 heavy (non-hydrogen) atoms. The van der Waals surface area contributed by atoms with E-state index in [9.17, 15) is 4.79 Å². The third kappa shape index (κ3) is 4.42. The van der Waals surface area contributed by atoms with Crippen molar-refractivity contribution in [1.29, 1.82) is 0 Å². The highest BCUT2D eigenvalue weighted by atomic mass is 16.1. The minimum atomic E-state index is 0.0803. The number of rotatable bonds is 5. The number of nitrogens with zero attached hydrogens (tertiary/aromatic N) is 1. The summed E-state index contributed by atoms with van der Waals surface area (Å²) in [5.41, 5.74) is 7.05. The van der Waals surface area contributed by atoms with Crippen LogP contribution in [0.25, 0.3) is 5.57 Å². The Morgan fingerprint density at radius 1 is 1.03 bits per heavy atom. The Balaban J connectivity index is 1.30. The molecule has 1 fully saturated rings. The molecule has 1 N–H and O–H groups in total. The van der Waals surface area contributed by atoms with Gasteiger partial charge in [0.25, 0.3) is 5.91 Å². The first-order valence-corrected chi connectivity index (χ1v) is 11.5. The number of benzene rings is 2. The molecule has 1 saturated heterocycles. The highest BCUT2D eigenvalue weighted by molar-refractivity contribution is 6.22. The second-order valence-corrected chi connectivity index (χ2v) is 8.81. The molecule has 1 amide bonds. The van der Waals surface area contributed by atoms with Gasteiger partial charge in [-0.15, -0.1) is 0 Å². The molecule has 0 unspecified atom stereocenters. The number of amides is 1. The zero-order chi connectivity index (χ0) is 21.0. The van der Waals surface area contributed by atoms with Gasteiger partial charge in [-0.25, -0.2) is 0 Å². The molecule has 1 atom stereocenters. The molecule has 2 aromatic rings. The first-order valence-electron chi connectivity index (χ1n) is 11.5. The second kappa shape index (κ2) is 9.07. The predicted octanol–water partition coefficient (Wildman–Crippen LogP) is 4.71. The molecule has 1 heterocycles. The van der Waals surface area contributed by atoms with Crippen molar-refractivity contribution in [2.24, 2.45) is 0 Å². The first kappa shape index (κ1) is 20.0. The third-order valence-electron chi connectivity index (χ3n) is 6.74. The van der Waals surface area contributed by atoms with Crippen LogP contribution in [0.5, 0.6) is 0 Å². The van der Waals surface area contributed by atoms with Crippen LogP contribution in [0.2, 0.25) is 0 Å². The van der Waals surface area contributed by atoms with E-state index in [2.05, 4.69) is 83.0 Å². The summed E-state index contributed by atoms with van der Waals surface area (Å²) in [5, 5.41) is 3.38. The van der Waals surface area contributed by atoms with E-state index >= 15 is 0 Å². The van der Waals surface area contributed by atoms with E-state index in [4.69, 9.17) is 0 Å². The lowest BCUT2D eigenvalue weighted by Gasteiger charge is -2.20. The van der Waals surface area contributed by atoms with Crippen LogP contribution in [0, 0.1) is 0 Å². The van der Waals surface area contributed by atoms with Gasteiger partial charge in [0.1, 0.15) is 0 Å². The molecule has 0 bridgehead atoms. The summed E-state index contributed by atoms with van der Waals surface area (Å²) >= 11 is 0. The van der Waals surface area contributed by atoms with Gasteiger partial charge in [0.05, 0.1) is 5.57 Å². The lowest BCUT2D eigenvalue weighted by atomic mass is 9.91. The predicted molar refractivity (Wildman–Crippen MR) is 127 cm³/mol. The molecule has 2 aliphatic carbocycles. The monoisotopic (exact) mass is 410 g/mol. The molecule has 5 rings (SSSR count). The molecule has 0 radical (unpaired) electrons. The number of allylic oxidation sites excluding steroid dienone is 5. The van der Waals surface area contributed by atoms with Crippen molar-refractivity contribution < 1.29 is 4.79 Å². The van der Waals surface area contributed by atoms with Crippen molar-refractivity contribution in [1.82, 2.24) is 10.2 Å². The average Bonchev–Trinajstić information content (AvgIpc) is 3.18. The van der Waals surface area contributed by atoms with Crippen molar-refractivity contribution in [2.75, 3.05) is 19.6 Å². The smallest absolute Gasteiger partial charge is 0.252 e. The topological polar surface area (TPSA) is 32.3 Å².